The van der Waals surface area contributed by atoms with Crippen LogP contribution in [0, 0.1) is 39.0 Å². The molecule has 14 heterocycles. The molecule has 0 radical (unpaired) electrons. The number of nitrogens with zero attached hydrogens (tertiary/aromatic N) is 5. The van der Waals surface area contributed by atoms with Crippen molar-refractivity contribution < 1.29 is 110 Å². The van der Waals surface area contributed by atoms with Crippen LogP contribution in [0.4, 0.5) is 0 Å². The lowest BCUT2D eigenvalue weighted by atomic mass is 9.71. The van der Waals surface area contributed by atoms with Crippen LogP contribution in [0.1, 0.15) is 199 Å². The predicted molar refractivity (Wildman–Crippen MR) is 451 cm³/mol. The summed E-state index contributed by atoms with van der Waals surface area (Å²) in [6.45, 7) is 14.2. The Morgan fingerprint density at radius 3 is 1.35 bits per heavy atom. The maximum absolute atomic E-state index is 15.0. The largest absolute Gasteiger partial charge is 0.504 e. The number of aliphatic hydroxyl groups excluding tert-OH is 1. The van der Waals surface area contributed by atoms with Gasteiger partial charge in [-0.1, -0.05) is 48.3 Å². The molecule has 14 atom stereocenters. The van der Waals surface area contributed by atoms with Gasteiger partial charge < -0.3 is 81.6 Å². The summed E-state index contributed by atoms with van der Waals surface area (Å²) in [7, 11) is 9.99. The van der Waals surface area contributed by atoms with Crippen molar-refractivity contribution in [1.29, 1.82) is 5.26 Å². The number of thioether (sulfide) groups is 2. The zero-order chi connectivity index (χ0) is 84.0. The molecular formula is C90H109N7O23S2. The fraction of sp³-hybridized carbons (Fsp3) is 0.522. The molecule has 2 spiro atoms. The first-order valence-electron chi connectivity index (χ1n) is 40.3. The van der Waals surface area contributed by atoms with Crippen LogP contribution in [0.25, 0.3) is 0 Å². The molecule has 0 amide bonds. The van der Waals surface area contributed by atoms with E-state index in [1.54, 1.807) is 24.3 Å². The van der Waals surface area contributed by atoms with E-state index in [1.807, 2.05) is 72.7 Å². The Bertz CT molecular complexity index is 5310. The van der Waals surface area contributed by atoms with Crippen molar-refractivity contribution in [3.05, 3.63) is 125 Å². The fourth-order valence-electron chi connectivity index (χ4n) is 21.1. The predicted octanol–water partition coefficient (Wildman–Crippen LogP) is 11.3. The van der Waals surface area contributed by atoms with Gasteiger partial charge in [-0.25, -0.2) is 9.59 Å². The summed E-state index contributed by atoms with van der Waals surface area (Å²) in [5, 5.41) is 53.9. The highest BCUT2D eigenvalue weighted by Crippen LogP contribution is 2.68. The van der Waals surface area contributed by atoms with Crippen molar-refractivity contribution in [3.63, 3.8) is 0 Å². The quantitative estimate of drug-likeness (QED) is 0.0561. The number of nitrogens with one attached hydrogen (secondary N) is 2. The number of rotatable bonds is 12. The number of fused-ring (bicyclic) bond motifs is 18. The molecule has 20 rings (SSSR count). The molecule has 30 nitrogen and oxygen atoms in total. The number of likely N-dealkylation sites (N-methyl/N-ethyl adjacent to an activating group) is 2. The fourth-order valence-corrected chi connectivity index (χ4v) is 24.5. The number of carbonyl (C=O) groups is 6. The number of aromatic hydroxyl groups is 2. The average Bonchev–Trinajstić information content (AvgIpc) is 0.895. The highest BCUT2D eigenvalue weighted by Gasteiger charge is 2.65. The highest BCUT2D eigenvalue weighted by molar-refractivity contribution is 7.99. The minimum absolute atomic E-state index is 0. The first kappa shape index (κ1) is 88.4. The lowest BCUT2D eigenvalue weighted by molar-refractivity contribution is -0.186. The van der Waals surface area contributed by atoms with Gasteiger partial charge in [-0.15, -0.1) is 23.5 Å². The summed E-state index contributed by atoms with van der Waals surface area (Å²) in [5.74, 6) is 1.71. The number of hydrogen-bond acceptors (Lipinski definition) is 32. The van der Waals surface area contributed by atoms with Crippen LogP contribution < -0.4 is 67.5 Å². The third-order valence-corrected chi connectivity index (χ3v) is 29.0. The van der Waals surface area contributed by atoms with E-state index >= 15 is 0 Å². The van der Waals surface area contributed by atoms with Gasteiger partial charge in [0.05, 0.1) is 75.2 Å². The SMILES string of the molecule is C.C.C.CCCC(=O)Oc1cc2c(cc1OC)[C@@]1(CS[C@@H]3c4c(OC(C)=O)c(C)c5c(c4[C@H](COC1=O)N1C3[C@H]3c4c(cc(C)c(OC)c4O)C[C@@H]([C@@H]1C#N)N3C)OCO5)NCC2.CCCC(=O)Oc1cc2c(cc1OC)[C@@]1(CS[C@@H]3c4c(OC(C)=O)c(C)c5c(c4[C@H](COC1=O)N1C3[C@H]3c4c(cc(C)c(OC)c4O)C[C@@H]([C@@H]1O)N3C)OCO5)NCC2. The number of phenols is 2. The first-order valence-corrected chi connectivity index (χ1v) is 42.4. The molecule has 122 heavy (non-hydrogen) atoms. The summed E-state index contributed by atoms with van der Waals surface area (Å²) >= 11 is 2.94. The van der Waals surface area contributed by atoms with Crippen molar-refractivity contribution >= 4 is 59.3 Å². The van der Waals surface area contributed by atoms with Crippen LogP contribution in [0.3, 0.4) is 0 Å². The Balaban J connectivity index is 0.000000194. The second-order valence-corrected chi connectivity index (χ2v) is 34.7. The van der Waals surface area contributed by atoms with E-state index in [4.69, 9.17) is 66.3 Å². The number of carbonyl (C=O) groups excluding carboxylic acids is 6. The van der Waals surface area contributed by atoms with Crippen molar-refractivity contribution in [2.75, 3.05) is 93.9 Å². The monoisotopic (exact) mass is 1720 g/mol. The third kappa shape index (κ3) is 13.6. The van der Waals surface area contributed by atoms with Crippen molar-refractivity contribution in [2.24, 2.45) is 0 Å². The number of aryl methyl sites for hydroxylation is 2. The van der Waals surface area contributed by atoms with Crippen LogP contribution in [0.2, 0.25) is 0 Å². The van der Waals surface area contributed by atoms with Crippen LogP contribution in [0.15, 0.2) is 36.4 Å². The second-order valence-electron chi connectivity index (χ2n) is 32.4. The maximum Gasteiger partial charge on any atom is 0.331 e. The number of piperazine rings is 2. The first-order chi connectivity index (χ1) is 57.2. The van der Waals surface area contributed by atoms with Crippen LogP contribution in [-0.4, -0.2) is 201 Å². The Labute approximate surface area is 718 Å². The highest BCUT2D eigenvalue weighted by atomic mass is 32.2. The van der Waals surface area contributed by atoms with E-state index < -0.39 is 100 Å². The van der Waals surface area contributed by atoms with E-state index in [0.717, 1.165) is 33.4 Å². The number of esters is 6. The van der Waals surface area contributed by atoms with Gasteiger partial charge in [0.25, 0.3) is 0 Å². The Morgan fingerprint density at radius 2 is 0.943 bits per heavy atom. The normalized spacial score (nSPS) is 26.9. The number of benzene rings is 6. The van der Waals surface area contributed by atoms with Crippen molar-refractivity contribution in [1.82, 2.24) is 30.2 Å². The minimum Gasteiger partial charge on any atom is -0.504 e. The molecule has 4 saturated heterocycles. The van der Waals surface area contributed by atoms with Gasteiger partial charge in [0.15, 0.2) is 80.1 Å². The van der Waals surface area contributed by atoms with Crippen LogP contribution in [0.5, 0.6) is 80.5 Å². The van der Waals surface area contributed by atoms with Crippen molar-refractivity contribution in [3.8, 4) is 86.6 Å². The maximum atomic E-state index is 15.0. The molecule has 8 bridgehead atoms. The number of aliphatic hydroxyl groups is 1. The summed E-state index contributed by atoms with van der Waals surface area (Å²) in [6, 6.07) is 8.61. The molecule has 0 aliphatic carbocycles. The van der Waals surface area contributed by atoms with Crippen molar-refractivity contribution in [2.45, 2.75) is 211 Å². The smallest absolute Gasteiger partial charge is 0.331 e. The third-order valence-electron chi connectivity index (χ3n) is 26.0. The Hall–Kier alpha value is -9.95. The lowest BCUT2D eigenvalue weighted by Crippen LogP contribution is -2.70. The standard InChI is InChI=1S/C44H48N4O11S.C43H49N3O12S.3CH4/c1-8-9-31(50)59-30-14-23-10-11-46-44(25(23)15-29(30)53-6)18-60-42-34-33(41-40(56-19-57-41)21(3)39(34)58-22(4)49)28(17-55-43(44)52)48-27(16-45)26-13-24-12-20(2)38(54-7)37(51)32(24)35(36(42)48)47(26)5;1-8-9-29(48)58-28-14-22-10-11-44-43(24(22)15-27(28)52-6)17-59-40-32-31(39-38(55-18-56-39)20(3)37(32)57-21(4)47)26(16-54-42(43)51)46-34(40)33-30-23(13-25(41(46)50)45(33)5)12-19(2)36(53-7)35(30)49;;;/h12,14-15,26-28,35-36,42,46,51H,8-11,13,17-19H2,1-7H3;12,14-15,25-26,33-34,40-41,44,49-50H,8-11,13,16-18H2,1-7H3;3*1H4/t26-,27-,28-,35+,36?,42+,44+;25-,26-,33+,34?,40+,41-,43+;;;/m00.../s1. The van der Waals surface area contributed by atoms with E-state index in [2.05, 4.69) is 31.4 Å². The molecule has 32 heteroatoms. The zero-order valence-corrected chi connectivity index (χ0v) is 70.4. The number of nitriles is 1. The molecule has 4 fully saturated rings. The summed E-state index contributed by atoms with van der Waals surface area (Å²) in [4.78, 5) is 89.7. The molecule has 0 aromatic heterocycles. The van der Waals surface area contributed by atoms with Crippen LogP contribution >= 0.6 is 23.5 Å². The molecule has 14 aliphatic heterocycles. The number of hydrogen-bond donors (Lipinski definition) is 5. The van der Waals surface area contributed by atoms with Gasteiger partial charge in [-0.3, -0.25) is 49.4 Å². The summed E-state index contributed by atoms with van der Waals surface area (Å²) in [5.41, 5.74) is 8.58. The zero-order valence-electron chi connectivity index (χ0n) is 68.8. The molecule has 14 aliphatic rings. The van der Waals surface area contributed by atoms with Gasteiger partial charge in [0, 0.05) is 114 Å². The van der Waals surface area contributed by atoms with Gasteiger partial charge in [-0.05, 0) is 149 Å². The average molecular weight is 1720 g/mol. The number of ether oxygens (including phenoxy) is 14. The van der Waals surface area contributed by atoms with Crippen LogP contribution in [-0.2, 0) is 75.0 Å². The number of methoxy groups -OCH3 is 4. The van der Waals surface area contributed by atoms with Gasteiger partial charge in [0.2, 0.25) is 13.6 Å². The van der Waals surface area contributed by atoms with E-state index in [9.17, 15) is 49.3 Å². The Morgan fingerprint density at radius 1 is 0.533 bits per heavy atom. The van der Waals surface area contributed by atoms with E-state index in [1.165, 1.54) is 65.8 Å². The topological polar surface area (TPSA) is 353 Å². The molecule has 0 saturated carbocycles. The molecule has 6 aromatic carbocycles. The van der Waals surface area contributed by atoms with Gasteiger partial charge in [-0.2, -0.15) is 5.26 Å². The summed E-state index contributed by atoms with van der Waals surface area (Å²) < 4.78 is 84.4. The summed E-state index contributed by atoms with van der Waals surface area (Å²) in [6.07, 6.45) is 2.67. The van der Waals surface area contributed by atoms with Gasteiger partial charge in [0.1, 0.15) is 37.0 Å². The molecule has 6 aromatic rings. The molecular weight excluding hydrogens is 1610 g/mol. The van der Waals surface area contributed by atoms with E-state index in [-0.39, 0.29) is 114 Å². The number of phenolic OH excluding ortho intramolecular Hbond substituents is 2. The van der Waals surface area contributed by atoms with E-state index in [0.29, 0.717) is 165 Å². The lowest BCUT2D eigenvalue weighted by Gasteiger charge is -2.62. The molecule has 2 unspecified atom stereocenters. The Kier molecular flexibility index (Phi) is 24.6. The van der Waals surface area contributed by atoms with Gasteiger partial charge >= 0.3 is 35.8 Å². The second kappa shape index (κ2) is 33.9. The minimum atomic E-state index is -1.41. The molecule has 654 valence electrons. The molecule has 5 N–H and O–H groups in total.